The summed E-state index contributed by atoms with van der Waals surface area (Å²) in [5.41, 5.74) is -0.218. The third-order valence-corrected chi connectivity index (χ3v) is 2.51. The van der Waals surface area contributed by atoms with Gasteiger partial charge in [0.05, 0.1) is 6.54 Å². The van der Waals surface area contributed by atoms with Crippen molar-refractivity contribution >= 4 is 5.78 Å². The quantitative estimate of drug-likeness (QED) is 0.700. The molecule has 90 valence electrons. The highest BCUT2D eigenvalue weighted by Crippen LogP contribution is 2.16. The summed E-state index contributed by atoms with van der Waals surface area (Å²) in [5.74, 6) is 0.942. The van der Waals surface area contributed by atoms with Gasteiger partial charge in [-0.25, -0.2) is 0 Å². The Balaban J connectivity index is 4.36. The van der Waals surface area contributed by atoms with E-state index in [0.29, 0.717) is 24.3 Å². The van der Waals surface area contributed by atoms with Crippen LogP contribution in [0, 0.1) is 11.3 Å². The van der Waals surface area contributed by atoms with E-state index in [4.69, 9.17) is 0 Å². The Kier molecular flexibility index (Phi) is 5.50. The SMILES string of the molecule is CC(C)CN(CC(=O)C(C)(C)C)C(C)C. The minimum Gasteiger partial charge on any atom is -0.298 e. The lowest BCUT2D eigenvalue weighted by atomic mass is 9.90. The number of carbonyl (C=O) groups excluding carboxylic acids is 1. The van der Waals surface area contributed by atoms with Crippen LogP contribution in [0.3, 0.4) is 0 Å². The van der Waals surface area contributed by atoms with Crippen molar-refractivity contribution in [1.82, 2.24) is 4.90 Å². The normalized spacial score (nSPS) is 12.9. The average Bonchev–Trinajstić information content (AvgIpc) is 1.99. The molecule has 0 rings (SSSR count). The molecule has 0 heterocycles. The molecule has 0 spiro atoms. The van der Waals surface area contributed by atoms with E-state index in [9.17, 15) is 4.79 Å². The van der Waals surface area contributed by atoms with Gasteiger partial charge in [-0.1, -0.05) is 34.6 Å². The van der Waals surface area contributed by atoms with Crippen molar-refractivity contribution in [2.24, 2.45) is 11.3 Å². The maximum Gasteiger partial charge on any atom is 0.152 e. The number of rotatable bonds is 5. The summed E-state index contributed by atoms with van der Waals surface area (Å²) in [7, 11) is 0. The van der Waals surface area contributed by atoms with Crippen LogP contribution in [0.4, 0.5) is 0 Å². The Labute approximate surface area is 95.0 Å². The van der Waals surface area contributed by atoms with Crippen molar-refractivity contribution in [2.75, 3.05) is 13.1 Å². The van der Waals surface area contributed by atoms with E-state index >= 15 is 0 Å². The highest BCUT2D eigenvalue weighted by Gasteiger charge is 2.24. The molecule has 2 nitrogen and oxygen atoms in total. The molecule has 0 atom stereocenters. The van der Waals surface area contributed by atoms with E-state index in [1.54, 1.807) is 0 Å². The molecule has 0 aromatic heterocycles. The Morgan fingerprint density at radius 1 is 1.13 bits per heavy atom. The molecular weight excluding hydrogens is 186 g/mol. The molecule has 2 heteroatoms. The third kappa shape index (κ3) is 5.93. The molecule has 0 aromatic rings. The molecule has 0 aliphatic rings. The van der Waals surface area contributed by atoms with Gasteiger partial charge < -0.3 is 0 Å². The van der Waals surface area contributed by atoms with Gasteiger partial charge in [0.25, 0.3) is 0 Å². The fourth-order valence-corrected chi connectivity index (χ4v) is 1.35. The highest BCUT2D eigenvalue weighted by molar-refractivity contribution is 5.85. The molecule has 0 fully saturated rings. The number of Topliss-reactive ketones (excluding diaryl/α,β-unsaturated/α-hetero) is 1. The van der Waals surface area contributed by atoms with Gasteiger partial charge in [-0.05, 0) is 19.8 Å². The summed E-state index contributed by atoms with van der Waals surface area (Å²) in [6.45, 7) is 16.2. The molecule has 0 unspecified atom stereocenters. The number of carbonyl (C=O) groups is 1. The van der Waals surface area contributed by atoms with Gasteiger partial charge in [0, 0.05) is 18.0 Å². The summed E-state index contributed by atoms with van der Waals surface area (Å²) in [6, 6.07) is 0.443. The largest absolute Gasteiger partial charge is 0.298 e. The Hall–Kier alpha value is -0.370. The van der Waals surface area contributed by atoms with Crippen LogP contribution in [0.2, 0.25) is 0 Å². The van der Waals surface area contributed by atoms with Crippen LogP contribution < -0.4 is 0 Å². The molecule has 0 saturated carbocycles. The van der Waals surface area contributed by atoms with Gasteiger partial charge >= 0.3 is 0 Å². The number of nitrogens with zero attached hydrogens (tertiary/aromatic N) is 1. The molecule has 0 bridgehead atoms. The first kappa shape index (κ1) is 14.6. The monoisotopic (exact) mass is 213 g/mol. The fourth-order valence-electron chi connectivity index (χ4n) is 1.35. The van der Waals surface area contributed by atoms with E-state index < -0.39 is 0 Å². The maximum absolute atomic E-state index is 11.9. The lowest BCUT2D eigenvalue weighted by Crippen LogP contribution is -2.41. The van der Waals surface area contributed by atoms with E-state index in [1.807, 2.05) is 20.8 Å². The molecule has 0 saturated heterocycles. The van der Waals surface area contributed by atoms with Gasteiger partial charge in [0.15, 0.2) is 5.78 Å². The van der Waals surface area contributed by atoms with Crippen LogP contribution in [0.25, 0.3) is 0 Å². The second kappa shape index (κ2) is 5.64. The first-order chi connectivity index (χ1) is 6.64. The maximum atomic E-state index is 11.9. The Morgan fingerprint density at radius 2 is 1.60 bits per heavy atom. The molecule has 0 aliphatic heterocycles. The third-order valence-electron chi connectivity index (χ3n) is 2.51. The summed E-state index contributed by atoms with van der Waals surface area (Å²) < 4.78 is 0. The predicted octanol–water partition coefficient (Wildman–Crippen LogP) is 2.97. The lowest BCUT2D eigenvalue weighted by molar-refractivity contribution is -0.128. The minimum atomic E-state index is -0.218. The van der Waals surface area contributed by atoms with Crippen molar-refractivity contribution < 1.29 is 4.79 Å². The molecule has 0 amide bonds. The van der Waals surface area contributed by atoms with Gasteiger partial charge in [0.1, 0.15) is 0 Å². The minimum absolute atomic E-state index is 0.218. The van der Waals surface area contributed by atoms with E-state index in [2.05, 4.69) is 32.6 Å². The number of hydrogen-bond donors (Lipinski definition) is 0. The molecule has 0 N–H and O–H groups in total. The highest BCUT2D eigenvalue weighted by atomic mass is 16.1. The predicted molar refractivity (Wildman–Crippen MR) is 66.0 cm³/mol. The molecule has 15 heavy (non-hydrogen) atoms. The fraction of sp³-hybridized carbons (Fsp3) is 0.923. The van der Waals surface area contributed by atoms with Gasteiger partial charge in [-0.2, -0.15) is 0 Å². The lowest BCUT2D eigenvalue weighted by Gasteiger charge is -2.30. The molecular formula is C13H27NO. The average molecular weight is 213 g/mol. The van der Waals surface area contributed by atoms with Gasteiger partial charge in [-0.3, -0.25) is 9.69 Å². The van der Waals surface area contributed by atoms with Gasteiger partial charge in [-0.15, -0.1) is 0 Å². The van der Waals surface area contributed by atoms with Crippen LogP contribution in [0.15, 0.2) is 0 Å². The Morgan fingerprint density at radius 3 is 1.87 bits per heavy atom. The van der Waals surface area contributed by atoms with Crippen LogP contribution >= 0.6 is 0 Å². The molecule has 0 aliphatic carbocycles. The van der Waals surface area contributed by atoms with Crippen LogP contribution in [-0.4, -0.2) is 29.8 Å². The topological polar surface area (TPSA) is 20.3 Å². The zero-order valence-corrected chi connectivity index (χ0v) is 11.4. The van der Waals surface area contributed by atoms with Crippen molar-refractivity contribution in [2.45, 2.75) is 54.5 Å². The Bertz CT molecular complexity index is 201. The van der Waals surface area contributed by atoms with Crippen molar-refractivity contribution in [3.63, 3.8) is 0 Å². The second-order valence-electron chi connectivity index (χ2n) is 6.09. The smallest absolute Gasteiger partial charge is 0.152 e. The van der Waals surface area contributed by atoms with E-state index in [-0.39, 0.29) is 5.41 Å². The van der Waals surface area contributed by atoms with Crippen LogP contribution in [0.1, 0.15) is 48.5 Å². The number of hydrogen-bond acceptors (Lipinski definition) is 2. The zero-order valence-electron chi connectivity index (χ0n) is 11.4. The van der Waals surface area contributed by atoms with Crippen molar-refractivity contribution in [3.05, 3.63) is 0 Å². The van der Waals surface area contributed by atoms with Crippen molar-refractivity contribution in [1.29, 1.82) is 0 Å². The number of ketones is 1. The van der Waals surface area contributed by atoms with E-state index in [0.717, 1.165) is 6.54 Å². The molecule has 0 aromatic carbocycles. The van der Waals surface area contributed by atoms with Crippen LogP contribution in [-0.2, 0) is 4.79 Å². The van der Waals surface area contributed by atoms with Crippen LogP contribution in [0.5, 0.6) is 0 Å². The first-order valence-corrected chi connectivity index (χ1v) is 5.92. The molecule has 0 radical (unpaired) electrons. The summed E-state index contributed by atoms with van der Waals surface area (Å²) in [4.78, 5) is 14.2. The second-order valence-corrected chi connectivity index (χ2v) is 6.09. The summed E-state index contributed by atoms with van der Waals surface area (Å²) in [5, 5.41) is 0. The van der Waals surface area contributed by atoms with Gasteiger partial charge in [0.2, 0.25) is 0 Å². The summed E-state index contributed by atoms with van der Waals surface area (Å²) >= 11 is 0. The van der Waals surface area contributed by atoms with Crippen molar-refractivity contribution in [3.8, 4) is 0 Å². The standard InChI is InChI=1S/C13H27NO/c1-10(2)8-14(11(3)4)9-12(15)13(5,6)7/h10-11H,8-9H2,1-7H3. The first-order valence-electron chi connectivity index (χ1n) is 5.92. The van der Waals surface area contributed by atoms with E-state index in [1.165, 1.54) is 0 Å². The summed E-state index contributed by atoms with van der Waals surface area (Å²) in [6.07, 6.45) is 0. The zero-order chi connectivity index (χ0) is 12.2.